The van der Waals surface area contributed by atoms with Gasteiger partial charge in [-0.05, 0) is 12.1 Å². The number of aliphatic hydroxyl groups excluding tert-OH is 1. The second-order valence-corrected chi connectivity index (χ2v) is 5.68. The van der Waals surface area contributed by atoms with Crippen molar-refractivity contribution in [3.63, 3.8) is 0 Å². The maximum Gasteiger partial charge on any atom is 0.243 e. The van der Waals surface area contributed by atoms with Gasteiger partial charge in [-0.25, -0.2) is 8.42 Å². The van der Waals surface area contributed by atoms with Crippen molar-refractivity contribution in [2.75, 3.05) is 33.9 Å². The Morgan fingerprint density at radius 1 is 1.21 bits per heavy atom. The number of methoxy groups -OCH3 is 2. The number of ether oxygens (including phenoxy) is 2. The summed E-state index contributed by atoms with van der Waals surface area (Å²) in [6.07, 6.45) is 0. The summed E-state index contributed by atoms with van der Waals surface area (Å²) >= 11 is 0. The van der Waals surface area contributed by atoms with E-state index in [1.807, 2.05) is 0 Å². The van der Waals surface area contributed by atoms with Crippen LogP contribution in [0.15, 0.2) is 23.1 Å². The first kappa shape index (κ1) is 15.7. The van der Waals surface area contributed by atoms with Crippen molar-refractivity contribution >= 4 is 10.0 Å². The molecule has 0 aromatic heterocycles. The highest BCUT2D eigenvalue weighted by Gasteiger charge is 2.23. The smallest absolute Gasteiger partial charge is 0.243 e. The Balaban J connectivity index is 3.21. The number of hydrogen-bond donors (Lipinski definition) is 1. The molecule has 1 aromatic rings. The van der Waals surface area contributed by atoms with Crippen LogP contribution >= 0.6 is 0 Å². The molecule has 0 saturated carbocycles. The van der Waals surface area contributed by atoms with Gasteiger partial charge in [0.05, 0.1) is 25.7 Å². The quantitative estimate of drug-likeness (QED) is 0.800. The van der Waals surface area contributed by atoms with E-state index in [2.05, 4.69) is 0 Å². The first-order valence-electron chi connectivity index (χ1n) is 5.84. The Kier molecular flexibility index (Phi) is 5.59. The van der Waals surface area contributed by atoms with Crippen molar-refractivity contribution in [3.8, 4) is 11.5 Å². The van der Waals surface area contributed by atoms with E-state index in [1.54, 1.807) is 13.0 Å². The molecule has 1 aromatic carbocycles. The number of aliphatic hydroxyl groups is 1. The highest BCUT2D eigenvalue weighted by molar-refractivity contribution is 7.89. The van der Waals surface area contributed by atoms with Gasteiger partial charge in [-0.1, -0.05) is 6.92 Å². The maximum absolute atomic E-state index is 12.3. The summed E-state index contributed by atoms with van der Waals surface area (Å²) < 4.78 is 36.0. The third-order valence-corrected chi connectivity index (χ3v) is 4.67. The molecule has 7 heteroatoms. The molecule has 0 radical (unpaired) electrons. The van der Waals surface area contributed by atoms with Crippen molar-refractivity contribution in [2.24, 2.45) is 0 Å². The Bertz CT molecular complexity index is 515. The topological polar surface area (TPSA) is 76.1 Å². The number of sulfonamides is 1. The van der Waals surface area contributed by atoms with Crippen LogP contribution in [0.2, 0.25) is 0 Å². The molecular weight excluding hydrogens is 270 g/mol. The van der Waals surface area contributed by atoms with Crippen LogP contribution in [0.5, 0.6) is 11.5 Å². The molecule has 0 atom stereocenters. The standard InChI is InChI=1S/C12H19NO5S/c1-4-13(7-8-14)19(15,16)10-5-6-11(17-2)12(9-10)18-3/h5-6,9,14H,4,7-8H2,1-3H3. The second-order valence-electron chi connectivity index (χ2n) is 3.74. The predicted molar refractivity (Wildman–Crippen MR) is 71.1 cm³/mol. The summed E-state index contributed by atoms with van der Waals surface area (Å²) in [4.78, 5) is 0.112. The SMILES string of the molecule is CCN(CCO)S(=O)(=O)c1ccc(OC)c(OC)c1. The van der Waals surface area contributed by atoms with Gasteiger partial charge in [0.25, 0.3) is 0 Å². The van der Waals surface area contributed by atoms with Crippen LogP contribution in [0.3, 0.4) is 0 Å². The molecule has 19 heavy (non-hydrogen) atoms. The minimum Gasteiger partial charge on any atom is -0.493 e. The fourth-order valence-electron chi connectivity index (χ4n) is 1.69. The van der Waals surface area contributed by atoms with Gasteiger partial charge < -0.3 is 14.6 Å². The Morgan fingerprint density at radius 3 is 2.32 bits per heavy atom. The average Bonchev–Trinajstić information content (AvgIpc) is 2.43. The van der Waals surface area contributed by atoms with Gasteiger partial charge in [0.2, 0.25) is 10.0 Å². The van der Waals surface area contributed by atoms with Crippen molar-refractivity contribution in [2.45, 2.75) is 11.8 Å². The Labute approximate surface area is 113 Å². The highest BCUT2D eigenvalue weighted by atomic mass is 32.2. The average molecular weight is 289 g/mol. The zero-order chi connectivity index (χ0) is 14.5. The zero-order valence-electron chi connectivity index (χ0n) is 11.3. The molecular formula is C12H19NO5S. The van der Waals surface area contributed by atoms with Crippen LogP contribution in [0.1, 0.15) is 6.92 Å². The minimum absolute atomic E-state index is 0.0627. The van der Waals surface area contributed by atoms with Crippen molar-refractivity contribution in [3.05, 3.63) is 18.2 Å². The summed E-state index contributed by atoms with van der Waals surface area (Å²) in [7, 11) is -0.707. The molecule has 0 heterocycles. The number of nitrogens with zero attached hydrogens (tertiary/aromatic N) is 1. The lowest BCUT2D eigenvalue weighted by molar-refractivity contribution is 0.257. The molecule has 0 unspecified atom stereocenters. The summed E-state index contributed by atoms with van der Waals surface area (Å²) in [5.41, 5.74) is 0. The number of benzene rings is 1. The van der Waals surface area contributed by atoms with Gasteiger partial charge in [0.15, 0.2) is 11.5 Å². The van der Waals surface area contributed by atoms with E-state index >= 15 is 0 Å². The van der Waals surface area contributed by atoms with Gasteiger partial charge in [-0.3, -0.25) is 0 Å². The summed E-state index contributed by atoms with van der Waals surface area (Å²) in [5, 5.41) is 8.91. The molecule has 0 aliphatic rings. The van der Waals surface area contributed by atoms with Gasteiger partial charge >= 0.3 is 0 Å². The first-order chi connectivity index (χ1) is 9.01. The van der Waals surface area contributed by atoms with Gasteiger partial charge in [-0.2, -0.15) is 4.31 Å². The van der Waals surface area contributed by atoms with Gasteiger partial charge in [0, 0.05) is 19.2 Å². The number of hydrogen-bond acceptors (Lipinski definition) is 5. The molecule has 1 rings (SSSR count). The lowest BCUT2D eigenvalue weighted by Crippen LogP contribution is -2.33. The lowest BCUT2D eigenvalue weighted by atomic mass is 10.3. The van der Waals surface area contributed by atoms with Crippen molar-refractivity contribution in [1.82, 2.24) is 4.31 Å². The Hall–Kier alpha value is -1.31. The molecule has 0 saturated heterocycles. The molecule has 0 bridgehead atoms. The largest absolute Gasteiger partial charge is 0.493 e. The molecule has 108 valence electrons. The van der Waals surface area contributed by atoms with E-state index in [0.29, 0.717) is 11.5 Å². The molecule has 6 nitrogen and oxygen atoms in total. The van der Waals surface area contributed by atoms with E-state index in [0.717, 1.165) is 0 Å². The van der Waals surface area contributed by atoms with Crippen LogP contribution in [0.25, 0.3) is 0 Å². The van der Waals surface area contributed by atoms with Crippen LogP contribution in [-0.4, -0.2) is 51.7 Å². The molecule has 0 fully saturated rings. The molecule has 0 spiro atoms. The third kappa shape index (κ3) is 3.37. The van der Waals surface area contributed by atoms with E-state index in [9.17, 15) is 8.42 Å². The van der Waals surface area contributed by atoms with Crippen LogP contribution in [0.4, 0.5) is 0 Å². The normalized spacial score (nSPS) is 11.6. The van der Waals surface area contributed by atoms with Crippen LogP contribution in [-0.2, 0) is 10.0 Å². The number of rotatable bonds is 7. The predicted octanol–water partition coefficient (Wildman–Crippen LogP) is 0.707. The lowest BCUT2D eigenvalue weighted by Gasteiger charge is -2.20. The highest BCUT2D eigenvalue weighted by Crippen LogP contribution is 2.30. The van der Waals surface area contributed by atoms with Crippen molar-refractivity contribution < 1.29 is 23.0 Å². The monoisotopic (exact) mass is 289 g/mol. The zero-order valence-corrected chi connectivity index (χ0v) is 12.1. The first-order valence-corrected chi connectivity index (χ1v) is 7.28. The molecule has 1 N–H and O–H groups in total. The Morgan fingerprint density at radius 2 is 1.84 bits per heavy atom. The fraction of sp³-hybridized carbons (Fsp3) is 0.500. The van der Waals surface area contributed by atoms with E-state index in [1.165, 1.54) is 30.7 Å². The summed E-state index contributed by atoms with van der Waals surface area (Å²) in [6, 6.07) is 4.41. The third-order valence-electron chi connectivity index (χ3n) is 2.69. The van der Waals surface area contributed by atoms with Crippen molar-refractivity contribution in [1.29, 1.82) is 0 Å². The van der Waals surface area contributed by atoms with Crippen LogP contribution in [0, 0.1) is 0 Å². The maximum atomic E-state index is 12.3. The van der Waals surface area contributed by atoms with Crippen LogP contribution < -0.4 is 9.47 Å². The van der Waals surface area contributed by atoms with Gasteiger partial charge in [0.1, 0.15) is 0 Å². The summed E-state index contributed by atoms with van der Waals surface area (Å²) in [5.74, 6) is 0.815. The fourth-order valence-corrected chi connectivity index (χ4v) is 3.14. The summed E-state index contributed by atoms with van der Waals surface area (Å²) in [6.45, 7) is 1.85. The van der Waals surface area contributed by atoms with E-state index in [-0.39, 0.29) is 24.6 Å². The number of likely N-dealkylation sites (N-methyl/N-ethyl adjacent to an activating group) is 1. The molecule has 0 aliphatic heterocycles. The van der Waals surface area contributed by atoms with E-state index in [4.69, 9.17) is 14.6 Å². The minimum atomic E-state index is -3.63. The molecule has 0 aliphatic carbocycles. The van der Waals surface area contributed by atoms with E-state index < -0.39 is 10.0 Å². The molecule has 0 amide bonds. The second kappa shape index (κ2) is 6.74. The van der Waals surface area contributed by atoms with Gasteiger partial charge in [-0.15, -0.1) is 0 Å².